The number of para-hydroxylation sites is 1. The van der Waals surface area contributed by atoms with Gasteiger partial charge in [0.15, 0.2) is 0 Å². The van der Waals surface area contributed by atoms with Gasteiger partial charge in [-0.25, -0.2) is 0 Å². The second-order valence-corrected chi connectivity index (χ2v) is 6.54. The summed E-state index contributed by atoms with van der Waals surface area (Å²) in [5, 5.41) is 6.84. The molecule has 132 valence electrons. The van der Waals surface area contributed by atoms with E-state index in [2.05, 4.69) is 15.3 Å². The Labute approximate surface area is 147 Å². The molecule has 1 aliphatic rings. The minimum Gasteiger partial charge on any atom is -0.372 e. The molecule has 0 saturated carbocycles. The van der Waals surface area contributed by atoms with Crippen LogP contribution in [0, 0.1) is 6.92 Å². The summed E-state index contributed by atoms with van der Waals surface area (Å²) in [6.07, 6.45) is 0. The Hall–Kier alpha value is -2.83. The van der Waals surface area contributed by atoms with Gasteiger partial charge in [-0.15, -0.1) is 0 Å². The summed E-state index contributed by atoms with van der Waals surface area (Å²) in [6.45, 7) is 4.88. The summed E-state index contributed by atoms with van der Waals surface area (Å²) in [5.41, 5.74) is 2.91. The van der Waals surface area contributed by atoms with Crippen LogP contribution in [0.1, 0.15) is 18.2 Å². The number of aryl methyl sites for hydroxylation is 2. The highest BCUT2D eigenvalue weighted by Gasteiger charge is 2.31. The molecule has 1 atom stereocenters. The standard InChI is InChI=1S/C18H23N5O2/c1-12-9-16(22(4)20-12)19-17(24)18(25)23-11-14-7-5-6-8-15(14)21(3)10-13(23)2/h5-9,13H,10-11H2,1-4H3,(H,19,24)/t13-/m1/s1. The minimum absolute atomic E-state index is 0.0797. The van der Waals surface area contributed by atoms with Gasteiger partial charge in [0.05, 0.1) is 5.69 Å². The fourth-order valence-electron chi connectivity index (χ4n) is 3.25. The van der Waals surface area contributed by atoms with Gasteiger partial charge in [0.25, 0.3) is 0 Å². The van der Waals surface area contributed by atoms with Gasteiger partial charge >= 0.3 is 11.8 Å². The van der Waals surface area contributed by atoms with Gasteiger partial charge in [-0.1, -0.05) is 18.2 Å². The fourth-order valence-corrected chi connectivity index (χ4v) is 3.25. The molecule has 3 rings (SSSR count). The fraction of sp³-hybridized carbons (Fsp3) is 0.389. The average molecular weight is 341 g/mol. The monoisotopic (exact) mass is 341 g/mol. The van der Waals surface area contributed by atoms with E-state index in [0.29, 0.717) is 18.9 Å². The molecule has 1 aromatic heterocycles. The summed E-state index contributed by atoms with van der Waals surface area (Å²) in [6, 6.07) is 9.61. The molecule has 0 radical (unpaired) electrons. The Morgan fingerprint density at radius 1 is 1.24 bits per heavy atom. The van der Waals surface area contributed by atoms with Crippen LogP contribution >= 0.6 is 0 Å². The largest absolute Gasteiger partial charge is 0.372 e. The van der Waals surface area contributed by atoms with Crippen LogP contribution in [0.25, 0.3) is 0 Å². The molecule has 1 aromatic carbocycles. The molecular weight excluding hydrogens is 318 g/mol. The highest BCUT2D eigenvalue weighted by atomic mass is 16.2. The summed E-state index contributed by atoms with van der Waals surface area (Å²) >= 11 is 0. The van der Waals surface area contributed by atoms with Gasteiger partial charge in [-0.2, -0.15) is 5.10 Å². The summed E-state index contributed by atoms with van der Waals surface area (Å²) in [4.78, 5) is 29.0. The number of hydrogen-bond donors (Lipinski definition) is 1. The molecule has 0 saturated heterocycles. The Bertz CT molecular complexity index is 814. The van der Waals surface area contributed by atoms with Crippen LogP contribution in [-0.2, 0) is 23.2 Å². The van der Waals surface area contributed by atoms with E-state index < -0.39 is 11.8 Å². The Balaban J connectivity index is 1.81. The molecule has 0 unspecified atom stereocenters. The predicted octanol–water partition coefficient (Wildman–Crippen LogP) is 1.53. The molecule has 0 bridgehead atoms. The van der Waals surface area contributed by atoms with Crippen molar-refractivity contribution in [2.75, 3.05) is 23.8 Å². The first-order chi connectivity index (χ1) is 11.9. The first-order valence-corrected chi connectivity index (χ1v) is 8.28. The third kappa shape index (κ3) is 3.35. The van der Waals surface area contributed by atoms with Crippen LogP contribution in [0.15, 0.2) is 30.3 Å². The number of likely N-dealkylation sites (N-methyl/N-ethyl adjacent to an activating group) is 1. The number of amides is 2. The van der Waals surface area contributed by atoms with Crippen molar-refractivity contribution in [3.05, 3.63) is 41.6 Å². The lowest BCUT2D eigenvalue weighted by atomic mass is 10.1. The number of nitrogens with zero attached hydrogens (tertiary/aromatic N) is 4. The van der Waals surface area contributed by atoms with E-state index in [-0.39, 0.29) is 6.04 Å². The zero-order chi connectivity index (χ0) is 18.1. The first kappa shape index (κ1) is 17.0. The van der Waals surface area contributed by atoms with Crippen molar-refractivity contribution in [3.63, 3.8) is 0 Å². The van der Waals surface area contributed by atoms with Crippen molar-refractivity contribution in [1.82, 2.24) is 14.7 Å². The number of nitrogens with one attached hydrogen (secondary N) is 1. The van der Waals surface area contributed by atoms with Gasteiger partial charge < -0.3 is 15.1 Å². The van der Waals surface area contributed by atoms with Crippen LogP contribution in [-0.4, -0.2) is 46.1 Å². The maximum atomic E-state index is 12.8. The number of fused-ring (bicyclic) bond motifs is 1. The molecule has 7 nitrogen and oxygen atoms in total. The number of carbonyl (C=O) groups is 2. The van der Waals surface area contributed by atoms with E-state index in [0.717, 1.165) is 16.9 Å². The van der Waals surface area contributed by atoms with Crippen LogP contribution in [0.2, 0.25) is 0 Å². The van der Waals surface area contributed by atoms with E-state index in [1.54, 1.807) is 22.7 Å². The van der Waals surface area contributed by atoms with Crippen LogP contribution in [0.3, 0.4) is 0 Å². The van der Waals surface area contributed by atoms with Crippen molar-refractivity contribution in [3.8, 4) is 0 Å². The highest BCUT2D eigenvalue weighted by Crippen LogP contribution is 2.26. The van der Waals surface area contributed by atoms with Crippen LogP contribution in [0.4, 0.5) is 11.5 Å². The zero-order valence-electron chi connectivity index (χ0n) is 15.0. The number of aromatic nitrogens is 2. The number of anilines is 2. The van der Waals surface area contributed by atoms with Crippen LogP contribution in [0.5, 0.6) is 0 Å². The lowest BCUT2D eigenvalue weighted by molar-refractivity contribution is -0.144. The molecule has 1 aliphatic heterocycles. The number of hydrogen-bond acceptors (Lipinski definition) is 4. The summed E-state index contributed by atoms with van der Waals surface area (Å²) in [5.74, 6) is -0.663. The third-order valence-electron chi connectivity index (χ3n) is 4.51. The van der Waals surface area contributed by atoms with E-state index >= 15 is 0 Å². The maximum Gasteiger partial charge on any atom is 0.315 e. The summed E-state index contributed by atoms with van der Waals surface area (Å²) < 4.78 is 1.55. The topological polar surface area (TPSA) is 70.5 Å². The van der Waals surface area contributed by atoms with Gasteiger partial charge in [-0.3, -0.25) is 14.3 Å². The molecule has 0 spiro atoms. The van der Waals surface area contributed by atoms with Crippen molar-refractivity contribution >= 4 is 23.3 Å². The van der Waals surface area contributed by atoms with E-state index in [1.165, 1.54) is 0 Å². The van der Waals surface area contributed by atoms with Crippen LogP contribution < -0.4 is 10.2 Å². The first-order valence-electron chi connectivity index (χ1n) is 8.28. The second-order valence-electron chi connectivity index (χ2n) is 6.54. The molecule has 2 amide bonds. The van der Waals surface area contributed by atoms with Crippen molar-refractivity contribution < 1.29 is 9.59 Å². The Morgan fingerprint density at radius 3 is 2.64 bits per heavy atom. The predicted molar refractivity (Wildman–Crippen MR) is 96.3 cm³/mol. The second kappa shape index (κ2) is 6.58. The van der Waals surface area contributed by atoms with Gasteiger partial charge in [0.1, 0.15) is 5.82 Å². The Kier molecular flexibility index (Phi) is 4.48. The third-order valence-corrected chi connectivity index (χ3v) is 4.51. The van der Waals surface area contributed by atoms with Gasteiger partial charge in [0, 0.05) is 45.0 Å². The molecule has 2 aromatic rings. The van der Waals surface area contributed by atoms with E-state index in [4.69, 9.17) is 0 Å². The highest BCUT2D eigenvalue weighted by molar-refractivity contribution is 6.39. The van der Waals surface area contributed by atoms with E-state index in [1.807, 2.05) is 45.2 Å². The molecule has 25 heavy (non-hydrogen) atoms. The number of carbonyl (C=O) groups excluding carboxylic acids is 2. The molecular formula is C18H23N5O2. The minimum atomic E-state index is -0.642. The normalized spacial score (nSPS) is 17.0. The maximum absolute atomic E-state index is 12.8. The quantitative estimate of drug-likeness (QED) is 0.799. The van der Waals surface area contributed by atoms with Gasteiger partial charge in [0.2, 0.25) is 0 Å². The molecule has 2 heterocycles. The van der Waals surface area contributed by atoms with Crippen molar-refractivity contribution in [1.29, 1.82) is 0 Å². The summed E-state index contributed by atoms with van der Waals surface area (Å²) in [7, 11) is 3.73. The van der Waals surface area contributed by atoms with Crippen molar-refractivity contribution in [2.24, 2.45) is 7.05 Å². The van der Waals surface area contributed by atoms with Crippen molar-refractivity contribution in [2.45, 2.75) is 26.4 Å². The molecule has 7 heteroatoms. The molecule has 0 aliphatic carbocycles. The van der Waals surface area contributed by atoms with Gasteiger partial charge in [-0.05, 0) is 25.5 Å². The Morgan fingerprint density at radius 2 is 1.96 bits per heavy atom. The zero-order valence-corrected chi connectivity index (χ0v) is 15.0. The number of benzene rings is 1. The lowest BCUT2D eigenvalue weighted by Crippen LogP contribution is -2.46. The SMILES string of the molecule is Cc1cc(NC(=O)C(=O)N2Cc3ccccc3N(C)C[C@H]2C)n(C)n1. The van der Waals surface area contributed by atoms with E-state index in [9.17, 15) is 9.59 Å². The number of rotatable bonds is 1. The average Bonchev–Trinajstić information content (AvgIpc) is 2.82. The smallest absolute Gasteiger partial charge is 0.315 e. The lowest BCUT2D eigenvalue weighted by Gasteiger charge is -2.27. The molecule has 1 N–H and O–H groups in total. The molecule has 0 fully saturated rings.